The summed E-state index contributed by atoms with van der Waals surface area (Å²) in [5, 5.41) is 15.7. The Bertz CT molecular complexity index is 565. The zero-order valence-electron chi connectivity index (χ0n) is 10.7. The molecule has 1 N–H and O–H groups in total. The summed E-state index contributed by atoms with van der Waals surface area (Å²) in [7, 11) is 3.86. The van der Waals surface area contributed by atoms with E-state index < -0.39 is 0 Å². The highest BCUT2D eigenvalue weighted by atomic mass is 32.1. The summed E-state index contributed by atoms with van der Waals surface area (Å²) in [5.74, 6) is 0.886. The van der Waals surface area contributed by atoms with Crippen molar-refractivity contribution in [1.29, 1.82) is 0 Å². The molecule has 2 aromatic heterocycles. The molecule has 0 saturated carbocycles. The molecule has 0 aliphatic carbocycles. The van der Waals surface area contributed by atoms with Crippen LogP contribution in [0.15, 0.2) is 29.8 Å². The van der Waals surface area contributed by atoms with Crippen LogP contribution in [0.2, 0.25) is 0 Å². The quantitative estimate of drug-likeness (QED) is 0.672. The van der Waals surface area contributed by atoms with Gasteiger partial charge in [-0.1, -0.05) is 11.3 Å². The number of nitrogens with one attached hydrogen (secondary N) is 1. The van der Waals surface area contributed by atoms with Gasteiger partial charge in [0, 0.05) is 32.1 Å². The van der Waals surface area contributed by atoms with E-state index in [1.165, 1.54) is 0 Å². The maximum atomic E-state index is 10.6. The average Bonchev–Trinajstić information content (AvgIpc) is 2.86. The summed E-state index contributed by atoms with van der Waals surface area (Å²) in [6, 6.07) is 5.43. The van der Waals surface area contributed by atoms with Gasteiger partial charge in [-0.25, -0.2) is 4.98 Å². The van der Waals surface area contributed by atoms with Gasteiger partial charge in [0.15, 0.2) is 0 Å². The van der Waals surface area contributed by atoms with Crippen LogP contribution in [-0.2, 0) is 6.54 Å². The van der Waals surface area contributed by atoms with E-state index in [1.807, 2.05) is 31.1 Å². The average molecular weight is 278 g/mol. The van der Waals surface area contributed by atoms with Crippen LogP contribution in [0.5, 0.6) is 0 Å². The van der Waals surface area contributed by atoms with Gasteiger partial charge in [-0.2, -0.15) is 0 Å². The lowest BCUT2D eigenvalue weighted by Crippen LogP contribution is -2.10. The van der Waals surface area contributed by atoms with Crippen molar-refractivity contribution in [3.63, 3.8) is 0 Å². The molecule has 2 heterocycles. The lowest BCUT2D eigenvalue weighted by molar-refractivity contribution is -0.380. The molecule has 0 aromatic carbocycles. The van der Waals surface area contributed by atoms with E-state index >= 15 is 0 Å². The zero-order chi connectivity index (χ0) is 13.8. The molecule has 0 atom stereocenters. The van der Waals surface area contributed by atoms with Crippen LogP contribution in [0.1, 0.15) is 5.56 Å². The number of thiophene rings is 1. The summed E-state index contributed by atoms with van der Waals surface area (Å²) in [6.45, 7) is 0.549. The van der Waals surface area contributed by atoms with Gasteiger partial charge in [0.25, 0.3) is 0 Å². The molecule has 7 heteroatoms. The Kier molecular flexibility index (Phi) is 3.96. The fourth-order valence-corrected chi connectivity index (χ4v) is 2.24. The lowest BCUT2D eigenvalue weighted by Gasteiger charge is -2.11. The minimum atomic E-state index is -0.373. The van der Waals surface area contributed by atoms with Crippen LogP contribution >= 0.6 is 11.3 Å². The molecule has 0 saturated heterocycles. The molecule has 0 radical (unpaired) electrons. The number of nitrogens with zero attached hydrogens (tertiary/aromatic N) is 3. The summed E-state index contributed by atoms with van der Waals surface area (Å²) in [6.07, 6.45) is 1.75. The SMILES string of the molecule is CN(C)c1ccc(NCc2csc([N+](=O)[O-])c2)cn1. The Morgan fingerprint density at radius 1 is 1.47 bits per heavy atom. The third-order valence-electron chi connectivity index (χ3n) is 2.52. The number of anilines is 2. The fourth-order valence-electron chi connectivity index (χ4n) is 1.51. The van der Waals surface area contributed by atoms with E-state index in [-0.39, 0.29) is 9.92 Å². The molecular formula is C12H14N4O2S. The molecule has 0 fully saturated rings. The summed E-state index contributed by atoms with van der Waals surface area (Å²) >= 11 is 1.14. The second-order valence-electron chi connectivity index (χ2n) is 4.20. The summed E-state index contributed by atoms with van der Waals surface area (Å²) < 4.78 is 0. The molecule has 6 nitrogen and oxygen atoms in total. The van der Waals surface area contributed by atoms with Crippen LogP contribution in [0.4, 0.5) is 16.5 Å². The first-order chi connectivity index (χ1) is 9.06. The predicted molar refractivity (Wildman–Crippen MR) is 76.9 cm³/mol. The summed E-state index contributed by atoms with van der Waals surface area (Å²) in [5.41, 5.74) is 1.79. The maximum absolute atomic E-state index is 10.6. The molecular weight excluding hydrogens is 264 g/mol. The highest BCUT2D eigenvalue weighted by molar-refractivity contribution is 7.13. The molecule has 100 valence electrons. The molecule has 0 aliphatic heterocycles. The van der Waals surface area contributed by atoms with Crippen LogP contribution in [-0.4, -0.2) is 24.0 Å². The van der Waals surface area contributed by atoms with E-state index in [0.29, 0.717) is 6.54 Å². The smallest absolute Gasteiger partial charge is 0.324 e. The van der Waals surface area contributed by atoms with E-state index in [9.17, 15) is 10.1 Å². The highest BCUT2D eigenvalue weighted by Crippen LogP contribution is 2.23. The van der Waals surface area contributed by atoms with Crippen LogP contribution in [0.3, 0.4) is 0 Å². The van der Waals surface area contributed by atoms with Crippen molar-refractivity contribution in [2.24, 2.45) is 0 Å². The topological polar surface area (TPSA) is 71.3 Å². The second-order valence-corrected chi connectivity index (χ2v) is 5.09. The predicted octanol–water partition coefficient (Wildman–Crippen LogP) is 2.73. The monoisotopic (exact) mass is 278 g/mol. The number of nitro groups is 1. The van der Waals surface area contributed by atoms with Gasteiger partial charge in [-0.15, -0.1) is 0 Å². The number of rotatable bonds is 5. The van der Waals surface area contributed by atoms with Crippen LogP contribution in [0, 0.1) is 10.1 Å². The summed E-state index contributed by atoms with van der Waals surface area (Å²) in [4.78, 5) is 16.4. The second kappa shape index (κ2) is 5.66. The van der Waals surface area contributed by atoms with E-state index in [2.05, 4.69) is 10.3 Å². The number of pyridine rings is 1. The van der Waals surface area contributed by atoms with Crippen molar-refractivity contribution in [2.75, 3.05) is 24.3 Å². The third-order valence-corrected chi connectivity index (χ3v) is 3.45. The Labute approximate surface area is 114 Å². The standard InChI is InChI=1S/C12H14N4O2S/c1-15(2)11-4-3-10(7-14-11)13-6-9-5-12(16(17)18)19-8-9/h3-5,7-8,13H,6H2,1-2H3. The normalized spacial score (nSPS) is 10.2. The minimum absolute atomic E-state index is 0.165. The first kappa shape index (κ1) is 13.3. The Morgan fingerprint density at radius 2 is 2.26 bits per heavy atom. The number of aromatic nitrogens is 1. The Morgan fingerprint density at radius 3 is 2.79 bits per heavy atom. The Hall–Kier alpha value is -2.15. The van der Waals surface area contributed by atoms with Gasteiger partial charge in [0.2, 0.25) is 0 Å². The molecule has 2 aromatic rings. The van der Waals surface area contributed by atoms with E-state index in [4.69, 9.17) is 0 Å². The molecule has 0 amide bonds. The van der Waals surface area contributed by atoms with E-state index in [1.54, 1.807) is 17.6 Å². The van der Waals surface area contributed by atoms with Crippen molar-refractivity contribution in [1.82, 2.24) is 4.98 Å². The van der Waals surface area contributed by atoms with Gasteiger partial charge in [0.05, 0.1) is 16.8 Å². The zero-order valence-corrected chi connectivity index (χ0v) is 11.5. The fraction of sp³-hybridized carbons (Fsp3) is 0.250. The van der Waals surface area contributed by atoms with Crippen molar-refractivity contribution in [2.45, 2.75) is 6.54 Å². The highest BCUT2D eigenvalue weighted by Gasteiger charge is 2.09. The molecule has 0 unspecified atom stereocenters. The third kappa shape index (κ3) is 3.41. The van der Waals surface area contributed by atoms with E-state index in [0.717, 1.165) is 28.4 Å². The van der Waals surface area contributed by atoms with Crippen molar-refractivity contribution >= 4 is 27.8 Å². The first-order valence-electron chi connectivity index (χ1n) is 5.65. The van der Waals surface area contributed by atoms with Crippen molar-refractivity contribution < 1.29 is 4.92 Å². The molecule has 0 spiro atoms. The Balaban J connectivity index is 1.96. The van der Waals surface area contributed by atoms with Gasteiger partial charge in [-0.05, 0) is 17.7 Å². The van der Waals surface area contributed by atoms with Gasteiger partial charge in [-0.3, -0.25) is 10.1 Å². The number of hydrogen-bond donors (Lipinski definition) is 1. The maximum Gasteiger partial charge on any atom is 0.324 e. The van der Waals surface area contributed by atoms with Gasteiger partial charge in [0.1, 0.15) is 5.82 Å². The molecule has 0 aliphatic rings. The molecule has 2 rings (SSSR count). The number of hydrogen-bond acceptors (Lipinski definition) is 6. The van der Waals surface area contributed by atoms with Crippen molar-refractivity contribution in [3.05, 3.63) is 45.5 Å². The van der Waals surface area contributed by atoms with Gasteiger partial charge >= 0.3 is 5.00 Å². The van der Waals surface area contributed by atoms with Crippen LogP contribution in [0.25, 0.3) is 0 Å². The first-order valence-corrected chi connectivity index (χ1v) is 6.53. The lowest BCUT2D eigenvalue weighted by atomic mass is 10.3. The minimum Gasteiger partial charge on any atom is -0.380 e. The molecule has 19 heavy (non-hydrogen) atoms. The van der Waals surface area contributed by atoms with Gasteiger partial charge < -0.3 is 10.2 Å². The largest absolute Gasteiger partial charge is 0.380 e. The van der Waals surface area contributed by atoms with Crippen molar-refractivity contribution in [3.8, 4) is 0 Å². The molecule has 0 bridgehead atoms. The van der Waals surface area contributed by atoms with Crippen LogP contribution < -0.4 is 10.2 Å².